The van der Waals surface area contributed by atoms with Crippen LogP contribution >= 0.6 is 0 Å². The molecule has 1 N–H and O–H groups in total. The molecule has 0 radical (unpaired) electrons. The zero-order chi connectivity index (χ0) is 7.82. The van der Waals surface area contributed by atoms with E-state index in [-0.39, 0.29) is 18.7 Å². The van der Waals surface area contributed by atoms with Crippen molar-refractivity contribution < 1.29 is 4.79 Å². The predicted molar refractivity (Wildman–Crippen MR) is 38.1 cm³/mol. The Morgan fingerprint density at radius 1 is 1.80 bits per heavy atom. The molecule has 0 spiro atoms. The van der Waals surface area contributed by atoms with Gasteiger partial charge in [-0.15, -0.1) is 6.58 Å². The van der Waals surface area contributed by atoms with Gasteiger partial charge in [0.05, 0.1) is 6.07 Å². The van der Waals surface area contributed by atoms with Crippen molar-refractivity contribution in [2.24, 2.45) is 0 Å². The summed E-state index contributed by atoms with van der Waals surface area (Å²) >= 11 is 0. The fourth-order valence-electron chi connectivity index (χ4n) is 0.444. The highest BCUT2D eigenvalue weighted by molar-refractivity contribution is 5.76. The first-order chi connectivity index (χ1) is 4.81. The van der Waals surface area contributed by atoms with E-state index >= 15 is 0 Å². The van der Waals surface area contributed by atoms with E-state index in [1.54, 1.807) is 6.08 Å². The molecule has 0 aromatic carbocycles. The molecule has 0 saturated carbocycles. The van der Waals surface area contributed by atoms with E-state index in [0.29, 0.717) is 6.54 Å². The minimum absolute atomic E-state index is 0.0959. The van der Waals surface area contributed by atoms with Gasteiger partial charge >= 0.3 is 0 Å². The molecule has 0 heterocycles. The molecule has 0 aromatic heterocycles. The third-order valence-electron chi connectivity index (χ3n) is 0.907. The van der Waals surface area contributed by atoms with Gasteiger partial charge in [-0.25, -0.2) is 0 Å². The normalized spacial score (nSPS) is 7.90. The highest BCUT2D eigenvalue weighted by atomic mass is 16.1. The molecule has 0 bridgehead atoms. The highest BCUT2D eigenvalue weighted by Gasteiger charge is 1.95. The van der Waals surface area contributed by atoms with Crippen molar-refractivity contribution in [3.63, 3.8) is 0 Å². The van der Waals surface area contributed by atoms with E-state index in [0.717, 1.165) is 0 Å². The van der Waals surface area contributed by atoms with Gasteiger partial charge in [-0.05, 0) is 0 Å². The van der Waals surface area contributed by atoms with Crippen molar-refractivity contribution in [2.75, 3.05) is 6.54 Å². The highest BCUT2D eigenvalue weighted by Crippen LogP contribution is 1.84. The number of nitriles is 1. The van der Waals surface area contributed by atoms with Crippen LogP contribution in [0.3, 0.4) is 0 Å². The standard InChI is InChI=1S/C7H10N2O/c1-2-6-9-7(10)4-3-5-8/h2H,1,3-4,6H2,(H,9,10). The average Bonchev–Trinajstić information content (AvgIpc) is 1.97. The molecule has 0 aliphatic rings. The van der Waals surface area contributed by atoms with Crippen molar-refractivity contribution >= 4 is 5.91 Å². The van der Waals surface area contributed by atoms with Crippen LogP contribution in [0.15, 0.2) is 12.7 Å². The Balaban J connectivity index is 3.27. The number of rotatable bonds is 4. The minimum Gasteiger partial charge on any atom is -0.353 e. The first-order valence-corrected chi connectivity index (χ1v) is 3.05. The molecular formula is C7H10N2O. The summed E-state index contributed by atoms with van der Waals surface area (Å²) in [5.74, 6) is -0.0959. The Bertz CT molecular complexity index is 157. The van der Waals surface area contributed by atoms with Gasteiger partial charge in [0.15, 0.2) is 0 Å². The molecule has 10 heavy (non-hydrogen) atoms. The second-order valence-electron chi connectivity index (χ2n) is 1.75. The Morgan fingerprint density at radius 2 is 2.50 bits per heavy atom. The quantitative estimate of drug-likeness (QED) is 0.578. The summed E-state index contributed by atoms with van der Waals surface area (Å²) in [5, 5.41) is 10.6. The largest absolute Gasteiger partial charge is 0.353 e. The van der Waals surface area contributed by atoms with Crippen LogP contribution < -0.4 is 5.32 Å². The third kappa shape index (κ3) is 4.85. The first kappa shape index (κ1) is 8.70. The molecule has 0 aromatic rings. The van der Waals surface area contributed by atoms with E-state index in [2.05, 4.69) is 11.9 Å². The second-order valence-corrected chi connectivity index (χ2v) is 1.75. The number of amides is 1. The molecular weight excluding hydrogens is 128 g/mol. The molecule has 0 aliphatic carbocycles. The van der Waals surface area contributed by atoms with Gasteiger partial charge in [0.25, 0.3) is 0 Å². The van der Waals surface area contributed by atoms with Crippen LogP contribution in [0.1, 0.15) is 12.8 Å². The summed E-state index contributed by atoms with van der Waals surface area (Å²) in [6, 6.07) is 1.89. The lowest BCUT2D eigenvalue weighted by Gasteiger charge is -1.96. The van der Waals surface area contributed by atoms with Crippen LogP contribution in [0.2, 0.25) is 0 Å². The van der Waals surface area contributed by atoms with Gasteiger partial charge < -0.3 is 5.32 Å². The lowest BCUT2D eigenvalue weighted by molar-refractivity contribution is -0.120. The van der Waals surface area contributed by atoms with Gasteiger partial charge in [-0.3, -0.25) is 4.79 Å². The van der Waals surface area contributed by atoms with Crippen LogP contribution in [0, 0.1) is 11.3 Å². The maximum absolute atomic E-state index is 10.7. The molecule has 0 fully saturated rings. The molecule has 0 saturated heterocycles. The Kier molecular flexibility index (Phi) is 5.07. The van der Waals surface area contributed by atoms with Crippen LogP contribution in [0.5, 0.6) is 0 Å². The predicted octanol–water partition coefficient (Wildman–Crippen LogP) is 0.592. The second kappa shape index (κ2) is 5.83. The van der Waals surface area contributed by atoms with Gasteiger partial charge in [-0.1, -0.05) is 6.08 Å². The van der Waals surface area contributed by atoms with Crippen molar-refractivity contribution in [1.29, 1.82) is 5.26 Å². The van der Waals surface area contributed by atoms with Crippen LogP contribution in [-0.2, 0) is 4.79 Å². The molecule has 1 amide bonds. The number of nitrogens with one attached hydrogen (secondary N) is 1. The van der Waals surface area contributed by atoms with Gasteiger partial charge in [-0.2, -0.15) is 5.26 Å². The van der Waals surface area contributed by atoms with E-state index < -0.39 is 0 Å². The average molecular weight is 138 g/mol. The molecule has 0 atom stereocenters. The Labute approximate surface area is 60.3 Å². The first-order valence-electron chi connectivity index (χ1n) is 3.05. The van der Waals surface area contributed by atoms with Gasteiger partial charge in [0.2, 0.25) is 5.91 Å². The SMILES string of the molecule is C=CCNC(=O)CCC#N. The van der Waals surface area contributed by atoms with Crippen molar-refractivity contribution in [2.45, 2.75) is 12.8 Å². The summed E-state index contributed by atoms with van der Waals surface area (Å²) in [5.41, 5.74) is 0. The van der Waals surface area contributed by atoms with Gasteiger partial charge in [0, 0.05) is 19.4 Å². The van der Waals surface area contributed by atoms with Crippen LogP contribution in [0.25, 0.3) is 0 Å². The summed E-state index contributed by atoms with van der Waals surface area (Å²) in [6.07, 6.45) is 2.16. The molecule has 3 nitrogen and oxygen atoms in total. The monoisotopic (exact) mass is 138 g/mol. The Morgan fingerprint density at radius 3 is 3.00 bits per heavy atom. The van der Waals surface area contributed by atoms with E-state index in [1.165, 1.54) is 0 Å². The van der Waals surface area contributed by atoms with Crippen LogP contribution in [0.4, 0.5) is 0 Å². The lowest BCUT2D eigenvalue weighted by Crippen LogP contribution is -2.22. The number of nitrogens with zero attached hydrogens (tertiary/aromatic N) is 1. The van der Waals surface area contributed by atoms with Gasteiger partial charge in [0.1, 0.15) is 0 Å². The zero-order valence-corrected chi connectivity index (χ0v) is 5.76. The summed E-state index contributed by atoms with van der Waals surface area (Å²) in [7, 11) is 0. The number of hydrogen-bond donors (Lipinski definition) is 1. The van der Waals surface area contributed by atoms with E-state index in [1.807, 2.05) is 6.07 Å². The topological polar surface area (TPSA) is 52.9 Å². The summed E-state index contributed by atoms with van der Waals surface area (Å²) in [4.78, 5) is 10.7. The molecule has 0 aliphatic heterocycles. The third-order valence-corrected chi connectivity index (χ3v) is 0.907. The molecule has 0 unspecified atom stereocenters. The molecule has 0 rings (SSSR count). The summed E-state index contributed by atoms with van der Waals surface area (Å²) in [6.45, 7) is 3.91. The van der Waals surface area contributed by atoms with Crippen molar-refractivity contribution in [3.05, 3.63) is 12.7 Å². The van der Waals surface area contributed by atoms with E-state index in [9.17, 15) is 4.79 Å². The number of carbonyl (C=O) groups excluding carboxylic acids is 1. The maximum atomic E-state index is 10.7. The minimum atomic E-state index is -0.0959. The smallest absolute Gasteiger partial charge is 0.221 e. The molecule has 3 heteroatoms. The van der Waals surface area contributed by atoms with E-state index in [4.69, 9.17) is 5.26 Å². The van der Waals surface area contributed by atoms with Crippen molar-refractivity contribution in [1.82, 2.24) is 5.32 Å². The molecule has 54 valence electrons. The fraction of sp³-hybridized carbons (Fsp3) is 0.429. The summed E-state index contributed by atoms with van der Waals surface area (Å²) < 4.78 is 0. The zero-order valence-electron chi connectivity index (χ0n) is 5.76. The lowest BCUT2D eigenvalue weighted by atomic mass is 10.3. The Hall–Kier alpha value is -1.30. The number of hydrogen-bond acceptors (Lipinski definition) is 2. The van der Waals surface area contributed by atoms with Crippen LogP contribution in [-0.4, -0.2) is 12.5 Å². The fourth-order valence-corrected chi connectivity index (χ4v) is 0.444. The number of carbonyl (C=O) groups is 1. The van der Waals surface area contributed by atoms with Crippen molar-refractivity contribution in [3.8, 4) is 6.07 Å². The maximum Gasteiger partial charge on any atom is 0.221 e.